The highest BCUT2D eigenvalue weighted by Gasteiger charge is 2.33. The Hall–Kier alpha value is -3.42. The zero-order valence-electron chi connectivity index (χ0n) is 20.8. The number of nitrogens with zero attached hydrogens (tertiary/aromatic N) is 2. The van der Waals surface area contributed by atoms with Gasteiger partial charge in [-0.25, -0.2) is 16.8 Å². The molecule has 1 aliphatic rings. The van der Waals surface area contributed by atoms with Crippen molar-refractivity contribution in [2.45, 2.75) is 35.7 Å². The third-order valence-electron chi connectivity index (χ3n) is 6.20. The Kier molecular flexibility index (Phi) is 8.05. The molecule has 8 nitrogen and oxygen atoms in total. The normalized spacial score (nSPS) is 14.8. The van der Waals surface area contributed by atoms with Gasteiger partial charge in [0.05, 0.1) is 21.0 Å². The van der Waals surface area contributed by atoms with Gasteiger partial charge >= 0.3 is 6.18 Å². The number of rotatable bonds is 8. The fourth-order valence-corrected chi connectivity index (χ4v) is 7.04. The molecule has 1 heterocycles. The van der Waals surface area contributed by atoms with Gasteiger partial charge in [-0.2, -0.15) is 17.5 Å². The highest BCUT2D eigenvalue weighted by atomic mass is 32.2. The molecule has 39 heavy (non-hydrogen) atoms. The minimum atomic E-state index is -4.73. The van der Waals surface area contributed by atoms with E-state index in [1.54, 1.807) is 6.92 Å². The Morgan fingerprint density at radius 1 is 0.897 bits per heavy atom. The van der Waals surface area contributed by atoms with Crippen LogP contribution in [-0.2, 0) is 31.0 Å². The summed E-state index contributed by atoms with van der Waals surface area (Å²) in [7, 11) is -8.10. The van der Waals surface area contributed by atoms with Crippen molar-refractivity contribution in [3.8, 4) is 0 Å². The molecule has 1 saturated heterocycles. The Balaban J connectivity index is 1.60. The van der Waals surface area contributed by atoms with E-state index in [0.29, 0.717) is 23.5 Å². The minimum absolute atomic E-state index is 0.0509. The molecule has 1 aliphatic heterocycles. The number of halogens is 3. The summed E-state index contributed by atoms with van der Waals surface area (Å²) in [4.78, 5) is 12.8. The van der Waals surface area contributed by atoms with E-state index in [4.69, 9.17) is 0 Å². The van der Waals surface area contributed by atoms with Crippen LogP contribution in [0.4, 0.5) is 24.5 Å². The van der Waals surface area contributed by atoms with E-state index in [0.717, 1.165) is 30.5 Å². The van der Waals surface area contributed by atoms with Gasteiger partial charge in [0.15, 0.2) is 0 Å². The van der Waals surface area contributed by atoms with Crippen molar-refractivity contribution in [2.75, 3.05) is 29.3 Å². The molecule has 0 aromatic heterocycles. The second-order valence-electron chi connectivity index (χ2n) is 9.06. The summed E-state index contributed by atoms with van der Waals surface area (Å²) >= 11 is 0. The largest absolute Gasteiger partial charge is 0.416 e. The van der Waals surface area contributed by atoms with Crippen LogP contribution in [0.15, 0.2) is 82.6 Å². The molecule has 0 saturated carbocycles. The van der Waals surface area contributed by atoms with Crippen molar-refractivity contribution >= 4 is 37.3 Å². The molecule has 1 amide bonds. The van der Waals surface area contributed by atoms with Gasteiger partial charge < -0.3 is 5.32 Å². The number of alkyl halides is 3. The Morgan fingerprint density at radius 2 is 1.49 bits per heavy atom. The van der Waals surface area contributed by atoms with Crippen LogP contribution in [-0.4, -0.2) is 46.7 Å². The van der Waals surface area contributed by atoms with E-state index in [1.165, 1.54) is 58.9 Å². The summed E-state index contributed by atoms with van der Waals surface area (Å²) in [5.41, 5.74) is -0.448. The fraction of sp³-hybridized carbons (Fsp3) is 0.269. The average Bonchev–Trinajstić information content (AvgIpc) is 3.44. The summed E-state index contributed by atoms with van der Waals surface area (Å²) in [6.07, 6.45) is -3.17. The summed E-state index contributed by atoms with van der Waals surface area (Å²) in [5.74, 6) is -0.835. The molecular formula is C26H26F3N3O5S2. The monoisotopic (exact) mass is 581 g/mol. The number of hydrogen-bond acceptors (Lipinski definition) is 5. The number of benzene rings is 3. The topological polar surface area (TPSA) is 104 Å². The number of nitrogens with one attached hydrogen (secondary N) is 1. The van der Waals surface area contributed by atoms with Crippen molar-refractivity contribution in [3.05, 3.63) is 83.9 Å². The predicted molar refractivity (Wildman–Crippen MR) is 140 cm³/mol. The van der Waals surface area contributed by atoms with Gasteiger partial charge in [-0.15, -0.1) is 0 Å². The first-order chi connectivity index (χ1) is 18.3. The van der Waals surface area contributed by atoms with Gasteiger partial charge in [-0.1, -0.05) is 23.8 Å². The number of amides is 1. The lowest BCUT2D eigenvalue weighted by Gasteiger charge is -2.25. The van der Waals surface area contributed by atoms with Gasteiger partial charge in [-0.3, -0.25) is 9.10 Å². The van der Waals surface area contributed by atoms with Crippen molar-refractivity contribution in [2.24, 2.45) is 0 Å². The molecule has 0 spiro atoms. The smallest absolute Gasteiger partial charge is 0.325 e. The maximum absolute atomic E-state index is 13.5. The summed E-state index contributed by atoms with van der Waals surface area (Å²) in [5, 5.41) is 2.49. The second kappa shape index (κ2) is 11.0. The molecule has 0 bridgehead atoms. The quantitative estimate of drug-likeness (QED) is 0.418. The fourth-order valence-electron chi connectivity index (χ4n) is 4.11. The molecule has 0 aliphatic carbocycles. The Labute approximate surface area is 225 Å². The van der Waals surface area contributed by atoms with E-state index in [1.807, 2.05) is 0 Å². The average molecular weight is 582 g/mol. The lowest BCUT2D eigenvalue weighted by molar-refractivity contribution is -0.137. The standard InChI is InChI=1S/C26H26F3N3O5S2/c1-19-7-11-24(12-8-19)39(36,37)32(22-6-4-5-20(17-22)26(27,28)29)18-25(33)30-21-9-13-23(14-10-21)38(34,35)31-15-2-3-16-31/h4-14,17H,2-3,15-16,18H2,1H3,(H,30,33). The van der Waals surface area contributed by atoms with Crippen LogP contribution < -0.4 is 9.62 Å². The van der Waals surface area contributed by atoms with E-state index in [-0.39, 0.29) is 21.2 Å². The first kappa shape index (κ1) is 28.6. The number of carbonyl (C=O) groups is 1. The van der Waals surface area contributed by atoms with E-state index < -0.39 is 44.2 Å². The van der Waals surface area contributed by atoms with Crippen LogP contribution in [0.2, 0.25) is 0 Å². The molecule has 208 valence electrons. The highest BCUT2D eigenvalue weighted by molar-refractivity contribution is 7.92. The van der Waals surface area contributed by atoms with Crippen LogP contribution >= 0.6 is 0 Å². The first-order valence-electron chi connectivity index (χ1n) is 12.0. The van der Waals surface area contributed by atoms with E-state index >= 15 is 0 Å². The number of anilines is 2. The van der Waals surface area contributed by atoms with Crippen LogP contribution in [0, 0.1) is 6.92 Å². The Bertz CT molecular complexity index is 1550. The number of aryl methyl sites for hydroxylation is 1. The van der Waals surface area contributed by atoms with Crippen molar-refractivity contribution in [3.63, 3.8) is 0 Å². The maximum Gasteiger partial charge on any atom is 0.416 e. The first-order valence-corrected chi connectivity index (χ1v) is 14.8. The molecule has 1 fully saturated rings. The third kappa shape index (κ3) is 6.43. The van der Waals surface area contributed by atoms with Crippen LogP contribution in [0.1, 0.15) is 24.0 Å². The molecule has 1 N–H and O–H groups in total. The summed E-state index contributed by atoms with van der Waals surface area (Å²) < 4.78 is 94.5. The number of hydrogen-bond donors (Lipinski definition) is 1. The molecule has 0 radical (unpaired) electrons. The molecule has 3 aromatic rings. The lowest BCUT2D eigenvalue weighted by Crippen LogP contribution is -2.38. The Morgan fingerprint density at radius 3 is 2.08 bits per heavy atom. The molecule has 4 rings (SSSR count). The van der Waals surface area contributed by atoms with Crippen molar-refractivity contribution < 1.29 is 34.8 Å². The second-order valence-corrected chi connectivity index (χ2v) is 12.9. The lowest BCUT2D eigenvalue weighted by atomic mass is 10.2. The molecule has 0 unspecified atom stereocenters. The third-order valence-corrected chi connectivity index (χ3v) is 9.90. The van der Waals surface area contributed by atoms with E-state index in [9.17, 15) is 34.8 Å². The highest BCUT2D eigenvalue weighted by Crippen LogP contribution is 2.33. The zero-order valence-corrected chi connectivity index (χ0v) is 22.5. The summed E-state index contributed by atoms with van der Waals surface area (Å²) in [6, 6.07) is 14.8. The van der Waals surface area contributed by atoms with Crippen LogP contribution in [0.5, 0.6) is 0 Å². The molecule has 3 aromatic carbocycles. The van der Waals surface area contributed by atoms with Gasteiger partial charge in [0, 0.05) is 18.8 Å². The maximum atomic E-state index is 13.5. The van der Waals surface area contributed by atoms with Crippen molar-refractivity contribution in [1.82, 2.24) is 4.31 Å². The van der Waals surface area contributed by atoms with Crippen molar-refractivity contribution in [1.29, 1.82) is 0 Å². The molecule has 13 heteroatoms. The van der Waals surface area contributed by atoms with Crippen LogP contribution in [0.25, 0.3) is 0 Å². The number of sulfonamides is 2. The van der Waals surface area contributed by atoms with Gasteiger partial charge in [0.1, 0.15) is 6.54 Å². The van der Waals surface area contributed by atoms with Crippen LogP contribution in [0.3, 0.4) is 0 Å². The summed E-state index contributed by atoms with van der Waals surface area (Å²) in [6.45, 7) is 1.78. The van der Waals surface area contributed by atoms with Gasteiger partial charge in [0.25, 0.3) is 10.0 Å². The van der Waals surface area contributed by atoms with Gasteiger partial charge in [-0.05, 0) is 74.4 Å². The number of carbonyl (C=O) groups excluding carboxylic acids is 1. The van der Waals surface area contributed by atoms with Gasteiger partial charge in [0.2, 0.25) is 15.9 Å². The predicted octanol–water partition coefficient (Wildman–Crippen LogP) is 4.63. The molecular weight excluding hydrogens is 555 g/mol. The minimum Gasteiger partial charge on any atom is -0.325 e. The SMILES string of the molecule is Cc1ccc(S(=O)(=O)N(CC(=O)Nc2ccc(S(=O)(=O)N3CCCC3)cc2)c2cccc(C(F)(F)F)c2)cc1. The zero-order chi connectivity index (χ0) is 28.4. The molecule has 0 atom stereocenters. The van der Waals surface area contributed by atoms with E-state index in [2.05, 4.69) is 5.32 Å².